The number of piperidine rings is 1. The number of cyclic esters (lactones) is 1. The zero-order chi connectivity index (χ0) is 20.3. The summed E-state index contributed by atoms with van der Waals surface area (Å²) in [6, 6.07) is 0.354. The number of aliphatic hydroxyl groups is 1. The smallest absolute Gasteiger partial charge is 0.343 e. The molecular formula is C22H27NO6. The second-order valence-electron chi connectivity index (χ2n) is 9.31. The number of hydrogen-bond donors (Lipinski definition) is 1. The SMILES string of the molecule is COC1=C(C)C(=O)O/C1=C1\O[C@@]23O[C@H]4C[C@@H]([C@H]2[C@@H]1C)N1CC[C@@H]3[C@@]41C=C[C@H](C)O. The lowest BCUT2D eigenvalue weighted by Crippen LogP contribution is -2.60. The number of hydrogen-bond acceptors (Lipinski definition) is 7. The van der Waals surface area contributed by atoms with Crippen molar-refractivity contribution < 1.29 is 28.8 Å². The minimum absolute atomic E-state index is 0.0553. The Morgan fingerprint density at radius 2 is 2.21 bits per heavy atom. The van der Waals surface area contributed by atoms with E-state index < -0.39 is 11.9 Å². The van der Waals surface area contributed by atoms with Crippen molar-refractivity contribution in [2.24, 2.45) is 17.8 Å². The van der Waals surface area contributed by atoms with Crippen LogP contribution < -0.4 is 0 Å². The Hall–Kier alpha value is -1.83. The zero-order valence-corrected chi connectivity index (χ0v) is 17.2. The molecule has 0 radical (unpaired) electrons. The van der Waals surface area contributed by atoms with Gasteiger partial charge in [0.2, 0.25) is 11.5 Å². The van der Waals surface area contributed by atoms with Gasteiger partial charge in [-0.05, 0) is 26.7 Å². The third-order valence-electron chi connectivity index (χ3n) is 8.12. The van der Waals surface area contributed by atoms with Crippen LogP contribution in [0.3, 0.4) is 0 Å². The Bertz CT molecular complexity index is 905. The van der Waals surface area contributed by atoms with E-state index in [1.165, 1.54) is 0 Å². The average Bonchev–Trinajstić information content (AvgIpc) is 3.38. The minimum atomic E-state index is -0.701. The van der Waals surface area contributed by atoms with E-state index in [0.717, 1.165) is 19.4 Å². The zero-order valence-electron chi connectivity index (χ0n) is 17.2. The molecule has 5 bridgehead atoms. The summed E-state index contributed by atoms with van der Waals surface area (Å²) in [6.07, 6.45) is 5.59. The highest BCUT2D eigenvalue weighted by molar-refractivity contribution is 5.93. The van der Waals surface area contributed by atoms with E-state index in [4.69, 9.17) is 18.9 Å². The third-order valence-corrected chi connectivity index (χ3v) is 8.12. The average molecular weight is 401 g/mol. The van der Waals surface area contributed by atoms with E-state index in [1.807, 2.05) is 6.08 Å². The first-order valence-electron chi connectivity index (χ1n) is 10.6. The molecule has 1 N–H and O–H groups in total. The molecule has 5 saturated heterocycles. The summed E-state index contributed by atoms with van der Waals surface area (Å²) in [6.45, 7) is 6.65. The number of aliphatic hydroxyl groups excluding tert-OH is 1. The van der Waals surface area contributed by atoms with Crippen LogP contribution in [0, 0.1) is 17.8 Å². The maximum Gasteiger partial charge on any atom is 0.343 e. The fraction of sp³-hybridized carbons (Fsp3) is 0.682. The second-order valence-corrected chi connectivity index (χ2v) is 9.31. The molecule has 5 fully saturated rings. The fourth-order valence-electron chi connectivity index (χ4n) is 7.21. The van der Waals surface area contributed by atoms with E-state index in [0.29, 0.717) is 28.9 Å². The van der Waals surface area contributed by atoms with Gasteiger partial charge in [-0.15, -0.1) is 0 Å². The van der Waals surface area contributed by atoms with Crippen molar-refractivity contribution in [3.8, 4) is 0 Å². The van der Waals surface area contributed by atoms with Crippen molar-refractivity contribution in [3.63, 3.8) is 0 Å². The van der Waals surface area contributed by atoms with Crippen LogP contribution in [0.5, 0.6) is 0 Å². The van der Waals surface area contributed by atoms with Crippen LogP contribution in [0.4, 0.5) is 0 Å². The standard InChI is InChI=1S/C22H27NO6/c1-10(24)5-7-21-14-6-8-23(21)13-9-15(21)28-22(14)16(13)11(2)18(29-22)19-17(26-4)12(3)20(25)27-19/h5,7,10-11,13-16,24H,6,8-9H2,1-4H3/b7-5?,19-18-/t10-,11-,13-,14+,15-,16+,21-,22+/m0/s1. The molecule has 1 spiro atoms. The topological polar surface area (TPSA) is 77.5 Å². The van der Waals surface area contributed by atoms with Gasteiger partial charge >= 0.3 is 5.97 Å². The van der Waals surface area contributed by atoms with Crippen LogP contribution in [0.25, 0.3) is 0 Å². The Morgan fingerprint density at radius 1 is 1.41 bits per heavy atom. The Kier molecular flexibility index (Phi) is 3.38. The van der Waals surface area contributed by atoms with Crippen LogP contribution in [0.15, 0.2) is 35.0 Å². The fourth-order valence-corrected chi connectivity index (χ4v) is 7.21. The number of rotatable bonds is 3. The number of fused-ring (bicyclic) bond motifs is 1. The monoisotopic (exact) mass is 401 g/mol. The lowest BCUT2D eigenvalue weighted by atomic mass is 9.71. The van der Waals surface area contributed by atoms with Gasteiger partial charge in [-0.2, -0.15) is 0 Å². The van der Waals surface area contributed by atoms with Gasteiger partial charge in [0.05, 0.1) is 42.3 Å². The molecule has 1 unspecified atom stereocenters. The molecule has 7 nitrogen and oxygen atoms in total. The second kappa shape index (κ2) is 5.45. The quantitative estimate of drug-likeness (QED) is 0.571. The summed E-state index contributed by atoms with van der Waals surface area (Å²) in [5, 5.41) is 9.87. The number of methoxy groups -OCH3 is 1. The largest absolute Gasteiger partial charge is 0.492 e. The number of allylic oxidation sites excluding steroid dienone is 1. The molecule has 7 heteroatoms. The molecule has 0 aliphatic carbocycles. The number of carbonyl (C=O) groups is 1. The molecule has 6 aliphatic rings. The number of ether oxygens (including phenoxy) is 4. The van der Waals surface area contributed by atoms with Crippen molar-refractivity contribution in [3.05, 3.63) is 35.0 Å². The van der Waals surface area contributed by atoms with E-state index >= 15 is 0 Å². The summed E-state index contributed by atoms with van der Waals surface area (Å²) in [4.78, 5) is 14.8. The summed E-state index contributed by atoms with van der Waals surface area (Å²) in [5.74, 6) is 0.884. The van der Waals surface area contributed by atoms with Gasteiger partial charge in [0.25, 0.3) is 0 Å². The first-order chi connectivity index (χ1) is 13.8. The normalized spacial score (nSPS) is 52.5. The lowest BCUT2D eigenvalue weighted by Gasteiger charge is -2.47. The molecule has 6 heterocycles. The molecule has 0 aromatic rings. The molecule has 0 saturated carbocycles. The molecule has 29 heavy (non-hydrogen) atoms. The summed E-state index contributed by atoms with van der Waals surface area (Å²) in [5.41, 5.74) is 0.259. The van der Waals surface area contributed by atoms with Gasteiger partial charge in [-0.25, -0.2) is 4.79 Å². The maximum absolute atomic E-state index is 12.2. The summed E-state index contributed by atoms with van der Waals surface area (Å²) in [7, 11) is 1.55. The highest BCUT2D eigenvalue weighted by Crippen LogP contribution is 2.72. The predicted molar refractivity (Wildman–Crippen MR) is 101 cm³/mol. The van der Waals surface area contributed by atoms with Gasteiger partial charge in [-0.1, -0.05) is 19.1 Å². The minimum Gasteiger partial charge on any atom is -0.492 e. The maximum atomic E-state index is 12.2. The Labute approximate surface area is 169 Å². The van der Waals surface area contributed by atoms with E-state index in [1.54, 1.807) is 21.0 Å². The van der Waals surface area contributed by atoms with E-state index in [9.17, 15) is 9.90 Å². The summed E-state index contributed by atoms with van der Waals surface area (Å²) < 4.78 is 24.4. The third kappa shape index (κ3) is 1.84. The van der Waals surface area contributed by atoms with Crippen LogP contribution in [0.1, 0.15) is 33.6 Å². The number of esters is 1. The van der Waals surface area contributed by atoms with Crippen molar-refractivity contribution in [1.82, 2.24) is 4.90 Å². The first-order valence-corrected chi connectivity index (χ1v) is 10.6. The van der Waals surface area contributed by atoms with Gasteiger partial charge in [0, 0.05) is 18.5 Å². The van der Waals surface area contributed by atoms with Gasteiger partial charge < -0.3 is 24.1 Å². The van der Waals surface area contributed by atoms with Gasteiger partial charge in [0.15, 0.2) is 5.76 Å². The molecule has 9 atom stereocenters. The summed E-state index contributed by atoms with van der Waals surface area (Å²) >= 11 is 0. The van der Waals surface area contributed by atoms with Crippen LogP contribution >= 0.6 is 0 Å². The Morgan fingerprint density at radius 3 is 2.93 bits per heavy atom. The lowest BCUT2D eigenvalue weighted by molar-refractivity contribution is -0.255. The van der Waals surface area contributed by atoms with Crippen LogP contribution in [0.2, 0.25) is 0 Å². The molecule has 0 amide bonds. The molecular weight excluding hydrogens is 374 g/mol. The molecule has 6 aliphatic heterocycles. The van der Waals surface area contributed by atoms with Gasteiger partial charge in [0.1, 0.15) is 5.76 Å². The van der Waals surface area contributed by atoms with Crippen molar-refractivity contribution in [1.29, 1.82) is 0 Å². The molecule has 156 valence electrons. The van der Waals surface area contributed by atoms with Crippen LogP contribution in [-0.2, 0) is 23.7 Å². The van der Waals surface area contributed by atoms with Crippen LogP contribution in [-0.4, -0.2) is 59.2 Å². The Balaban J connectivity index is 1.47. The number of carbonyl (C=O) groups excluding carboxylic acids is 1. The number of nitrogens with zero attached hydrogens (tertiary/aromatic N) is 1. The molecule has 0 aromatic carbocycles. The molecule has 6 rings (SSSR count). The van der Waals surface area contributed by atoms with E-state index in [-0.39, 0.29) is 35.4 Å². The van der Waals surface area contributed by atoms with E-state index in [2.05, 4.69) is 17.9 Å². The predicted octanol–water partition coefficient (Wildman–Crippen LogP) is 1.84. The molecule has 0 aromatic heterocycles. The van der Waals surface area contributed by atoms with Crippen molar-refractivity contribution >= 4 is 5.97 Å². The highest BCUT2D eigenvalue weighted by Gasteiger charge is 2.83. The first kappa shape index (κ1) is 18.0. The van der Waals surface area contributed by atoms with Crippen molar-refractivity contribution in [2.75, 3.05) is 13.7 Å². The van der Waals surface area contributed by atoms with Crippen molar-refractivity contribution in [2.45, 2.75) is 63.2 Å². The highest BCUT2D eigenvalue weighted by atomic mass is 16.7. The van der Waals surface area contributed by atoms with Gasteiger partial charge in [-0.3, -0.25) is 4.90 Å².